The van der Waals surface area contributed by atoms with Crippen LogP contribution < -0.4 is 5.32 Å². The Hall–Kier alpha value is -1.65. The van der Waals surface area contributed by atoms with Gasteiger partial charge in [0.25, 0.3) is 0 Å². The van der Waals surface area contributed by atoms with Crippen molar-refractivity contribution in [3.05, 3.63) is 54.1 Å². The fourth-order valence-corrected chi connectivity index (χ4v) is 3.24. The van der Waals surface area contributed by atoms with Crippen LogP contribution in [0.5, 0.6) is 0 Å². The molecule has 1 aromatic heterocycles. The summed E-state index contributed by atoms with van der Waals surface area (Å²) in [6.45, 7) is 4.23. The molecule has 0 bridgehead atoms. The predicted octanol–water partition coefficient (Wildman–Crippen LogP) is 2.56. The minimum Gasteiger partial charge on any atom is -0.337 e. The zero-order valence-corrected chi connectivity index (χ0v) is 13.4. The molecular weight excluding hydrogens is 272 g/mol. The van der Waals surface area contributed by atoms with Crippen LogP contribution in [0.2, 0.25) is 0 Å². The van der Waals surface area contributed by atoms with Crippen LogP contribution in [0.25, 0.3) is 0 Å². The summed E-state index contributed by atoms with van der Waals surface area (Å²) in [5, 5.41) is 3.61. The SMILES string of the molecule is Cn1cncc1CNC[C@@H]1CCCCN1Cc1ccccc1. The van der Waals surface area contributed by atoms with Crippen LogP contribution in [-0.2, 0) is 20.1 Å². The van der Waals surface area contributed by atoms with Gasteiger partial charge in [-0.3, -0.25) is 4.90 Å². The summed E-state index contributed by atoms with van der Waals surface area (Å²) in [5.41, 5.74) is 2.66. The quantitative estimate of drug-likeness (QED) is 0.890. The van der Waals surface area contributed by atoms with Crippen LogP contribution in [0.15, 0.2) is 42.9 Å². The third-order valence-electron chi connectivity index (χ3n) is 4.58. The first-order chi connectivity index (χ1) is 10.8. The lowest BCUT2D eigenvalue weighted by Crippen LogP contribution is -2.44. The second-order valence-corrected chi connectivity index (χ2v) is 6.23. The highest BCUT2D eigenvalue weighted by Gasteiger charge is 2.22. The Kier molecular flexibility index (Phi) is 5.24. The average molecular weight is 298 g/mol. The first kappa shape index (κ1) is 15.3. The molecule has 2 heterocycles. The van der Waals surface area contributed by atoms with Crippen molar-refractivity contribution in [2.75, 3.05) is 13.1 Å². The monoisotopic (exact) mass is 298 g/mol. The van der Waals surface area contributed by atoms with E-state index in [9.17, 15) is 0 Å². The van der Waals surface area contributed by atoms with E-state index in [2.05, 4.69) is 50.1 Å². The molecule has 4 nitrogen and oxygen atoms in total. The third-order valence-corrected chi connectivity index (χ3v) is 4.58. The number of imidazole rings is 1. The van der Waals surface area contributed by atoms with Crippen LogP contribution >= 0.6 is 0 Å². The molecule has 4 heteroatoms. The molecule has 118 valence electrons. The lowest BCUT2D eigenvalue weighted by Gasteiger charge is -2.36. The molecule has 0 radical (unpaired) electrons. The lowest BCUT2D eigenvalue weighted by atomic mass is 10.0. The van der Waals surface area contributed by atoms with Gasteiger partial charge in [-0.05, 0) is 24.9 Å². The number of aromatic nitrogens is 2. The summed E-state index contributed by atoms with van der Waals surface area (Å²) in [6, 6.07) is 11.5. The zero-order valence-electron chi connectivity index (χ0n) is 13.4. The first-order valence-corrected chi connectivity index (χ1v) is 8.27. The highest BCUT2D eigenvalue weighted by Crippen LogP contribution is 2.19. The summed E-state index contributed by atoms with van der Waals surface area (Å²) in [5.74, 6) is 0. The molecule has 2 aromatic rings. The number of nitrogens with zero attached hydrogens (tertiary/aromatic N) is 3. The van der Waals surface area contributed by atoms with Crippen molar-refractivity contribution in [1.82, 2.24) is 19.8 Å². The van der Waals surface area contributed by atoms with Gasteiger partial charge in [-0.25, -0.2) is 4.98 Å². The number of benzene rings is 1. The molecule has 0 amide bonds. The molecule has 0 unspecified atom stereocenters. The topological polar surface area (TPSA) is 33.1 Å². The van der Waals surface area contributed by atoms with Crippen LogP contribution in [-0.4, -0.2) is 33.6 Å². The normalized spacial score (nSPS) is 19.4. The van der Waals surface area contributed by atoms with Gasteiger partial charge in [-0.1, -0.05) is 36.8 Å². The molecule has 1 N–H and O–H groups in total. The van der Waals surface area contributed by atoms with Gasteiger partial charge in [0.2, 0.25) is 0 Å². The van der Waals surface area contributed by atoms with Gasteiger partial charge in [0.1, 0.15) is 0 Å². The Morgan fingerprint density at radius 3 is 2.86 bits per heavy atom. The van der Waals surface area contributed by atoms with E-state index in [0.717, 1.165) is 19.6 Å². The van der Waals surface area contributed by atoms with E-state index in [-0.39, 0.29) is 0 Å². The first-order valence-electron chi connectivity index (χ1n) is 8.27. The Balaban J connectivity index is 1.52. The number of piperidine rings is 1. The average Bonchev–Trinajstić information content (AvgIpc) is 2.95. The maximum Gasteiger partial charge on any atom is 0.0945 e. The van der Waals surface area contributed by atoms with Crippen molar-refractivity contribution in [3.63, 3.8) is 0 Å². The molecule has 1 aliphatic heterocycles. The fraction of sp³-hybridized carbons (Fsp3) is 0.500. The third kappa shape index (κ3) is 3.96. The Morgan fingerprint density at radius 1 is 1.23 bits per heavy atom. The second kappa shape index (κ2) is 7.56. The highest BCUT2D eigenvalue weighted by molar-refractivity contribution is 5.14. The van der Waals surface area contributed by atoms with E-state index in [0.29, 0.717) is 6.04 Å². The second-order valence-electron chi connectivity index (χ2n) is 6.23. The van der Waals surface area contributed by atoms with Crippen molar-refractivity contribution in [2.45, 2.75) is 38.4 Å². The van der Waals surface area contributed by atoms with Crippen molar-refractivity contribution in [1.29, 1.82) is 0 Å². The molecule has 1 fully saturated rings. The van der Waals surface area contributed by atoms with Crippen LogP contribution in [0, 0.1) is 0 Å². The van der Waals surface area contributed by atoms with Crippen molar-refractivity contribution in [3.8, 4) is 0 Å². The van der Waals surface area contributed by atoms with Gasteiger partial charge >= 0.3 is 0 Å². The largest absolute Gasteiger partial charge is 0.337 e. The summed E-state index contributed by atoms with van der Waals surface area (Å²) in [6.07, 6.45) is 7.77. The predicted molar refractivity (Wildman–Crippen MR) is 89.4 cm³/mol. The van der Waals surface area contributed by atoms with E-state index in [4.69, 9.17) is 0 Å². The summed E-state index contributed by atoms with van der Waals surface area (Å²) in [4.78, 5) is 6.80. The van der Waals surface area contributed by atoms with E-state index >= 15 is 0 Å². The van der Waals surface area contributed by atoms with Crippen molar-refractivity contribution < 1.29 is 0 Å². The standard InChI is InChI=1S/C18H26N4/c1-21-15-20-13-18(21)12-19-11-17-9-5-6-10-22(17)14-16-7-3-2-4-8-16/h2-4,7-8,13,15,17,19H,5-6,9-12,14H2,1H3/t17-/m0/s1. The van der Waals surface area contributed by atoms with Gasteiger partial charge in [0.15, 0.2) is 0 Å². The summed E-state index contributed by atoms with van der Waals surface area (Å²) >= 11 is 0. The molecule has 1 aromatic carbocycles. The lowest BCUT2D eigenvalue weighted by molar-refractivity contribution is 0.137. The molecule has 0 aliphatic carbocycles. The van der Waals surface area contributed by atoms with E-state index < -0.39 is 0 Å². The van der Waals surface area contributed by atoms with Gasteiger partial charge in [0, 0.05) is 38.9 Å². The molecular formula is C18H26N4. The molecule has 22 heavy (non-hydrogen) atoms. The molecule has 3 rings (SSSR count). The van der Waals surface area contributed by atoms with Gasteiger partial charge in [-0.15, -0.1) is 0 Å². The number of aryl methyl sites for hydroxylation is 1. The number of likely N-dealkylation sites (tertiary alicyclic amines) is 1. The Morgan fingerprint density at radius 2 is 2.09 bits per heavy atom. The summed E-state index contributed by atoms with van der Waals surface area (Å²) < 4.78 is 2.08. The zero-order chi connectivity index (χ0) is 15.2. The molecule has 1 aliphatic rings. The maximum absolute atomic E-state index is 4.17. The van der Waals surface area contributed by atoms with Gasteiger partial charge in [-0.2, -0.15) is 0 Å². The molecule has 1 atom stereocenters. The minimum absolute atomic E-state index is 0.641. The van der Waals surface area contributed by atoms with Gasteiger partial charge in [0.05, 0.1) is 12.0 Å². The number of nitrogens with one attached hydrogen (secondary N) is 1. The highest BCUT2D eigenvalue weighted by atomic mass is 15.2. The summed E-state index contributed by atoms with van der Waals surface area (Å²) in [7, 11) is 2.05. The van der Waals surface area contributed by atoms with E-state index in [1.807, 2.05) is 19.6 Å². The van der Waals surface area contributed by atoms with Crippen LogP contribution in [0.4, 0.5) is 0 Å². The van der Waals surface area contributed by atoms with Crippen molar-refractivity contribution >= 4 is 0 Å². The maximum atomic E-state index is 4.17. The number of rotatable bonds is 6. The smallest absolute Gasteiger partial charge is 0.0945 e. The molecule has 0 spiro atoms. The number of hydrogen-bond acceptors (Lipinski definition) is 3. The fourth-order valence-electron chi connectivity index (χ4n) is 3.24. The number of hydrogen-bond donors (Lipinski definition) is 1. The molecule has 1 saturated heterocycles. The van der Waals surface area contributed by atoms with Crippen LogP contribution in [0.3, 0.4) is 0 Å². The molecule has 0 saturated carbocycles. The minimum atomic E-state index is 0.641. The van der Waals surface area contributed by atoms with E-state index in [1.54, 1.807) is 0 Å². The van der Waals surface area contributed by atoms with Crippen LogP contribution in [0.1, 0.15) is 30.5 Å². The van der Waals surface area contributed by atoms with Crippen molar-refractivity contribution in [2.24, 2.45) is 7.05 Å². The Bertz CT molecular complexity index is 563. The van der Waals surface area contributed by atoms with E-state index in [1.165, 1.54) is 37.1 Å². The Labute approximate surface area is 133 Å². The van der Waals surface area contributed by atoms with Gasteiger partial charge < -0.3 is 9.88 Å².